The van der Waals surface area contributed by atoms with Crippen molar-refractivity contribution in [2.75, 3.05) is 13.1 Å². The first-order chi connectivity index (χ1) is 8.58. The Morgan fingerprint density at radius 1 is 1.39 bits per heavy atom. The Morgan fingerprint density at radius 2 is 2.11 bits per heavy atom. The van der Waals surface area contributed by atoms with E-state index in [1.54, 1.807) is 0 Å². The molecule has 0 aromatic rings. The Hall–Kier alpha value is -1.63. The van der Waals surface area contributed by atoms with E-state index in [0.717, 1.165) is 24.2 Å². The summed E-state index contributed by atoms with van der Waals surface area (Å²) < 4.78 is 0. The van der Waals surface area contributed by atoms with Gasteiger partial charge in [-0.05, 0) is 12.8 Å². The van der Waals surface area contributed by atoms with Gasteiger partial charge in [-0.1, -0.05) is 12.8 Å². The van der Waals surface area contributed by atoms with E-state index in [0.29, 0.717) is 6.42 Å². The molecule has 100 valence electrons. The molecule has 2 atom stereocenters. The normalized spacial score (nSPS) is 28.2. The number of nitrogens with one attached hydrogen (secondary N) is 2. The molecule has 1 aliphatic heterocycles. The van der Waals surface area contributed by atoms with Crippen molar-refractivity contribution in [1.82, 2.24) is 15.5 Å². The maximum Gasteiger partial charge on any atom is 0.325 e. The zero-order valence-corrected chi connectivity index (χ0v) is 10.0. The molecular weight excluding hydrogens is 238 g/mol. The number of imide groups is 1. The Morgan fingerprint density at radius 3 is 2.72 bits per heavy atom. The van der Waals surface area contributed by atoms with E-state index in [9.17, 15) is 19.5 Å². The summed E-state index contributed by atoms with van der Waals surface area (Å²) in [5.41, 5.74) is 0. The van der Waals surface area contributed by atoms with Gasteiger partial charge in [0.15, 0.2) is 0 Å². The number of hydrogen-bond acceptors (Lipinski definition) is 4. The van der Waals surface area contributed by atoms with Crippen LogP contribution in [0.4, 0.5) is 4.79 Å². The topological polar surface area (TPSA) is 98.7 Å². The van der Waals surface area contributed by atoms with E-state index >= 15 is 0 Å². The third-order valence-corrected chi connectivity index (χ3v) is 3.31. The van der Waals surface area contributed by atoms with Gasteiger partial charge in [-0.2, -0.15) is 0 Å². The highest BCUT2D eigenvalue weighted by atomic mass is 16.3. The first-order valence-electron chi connectivity index (χ1n) is 6.13. The van der Waals surface area contributed by atoms with Gasteiger partial charge in [-0.15, -0.1) is 0 Å². The molecule has 3 N–H and O–H groups in total. The molecule has 7 heteroatoms. The molecule has 0 radical (unpaired) electrons. The van der Waals surface area contributed by atoms with Crippen LogP contribution in [0.2, 0.25) is 0 Å². The summed E-state index contributed by atoms with van der Waals surface area (Å²) in [5.74, 6) is -0.814. The third kappa shape index (κ3) is 2.79. The molecule has 0 aromatic carbocycles. The summed E-state index contributed by atoms with van der Waals surface area (Å²) in [6, 6.07) is -0.814. The fourth-order valence-corrected chi connectivity index (χ4v) is 2.29. The van der Waals surface area contributed by atoms with Crippen LogP contribution in [-0.2, 0) is 9.59 Å². The van der Waals surface area contributed by atoms with Gasteiger partial charge in [-0.3, -0.25) is 14.5 Å². The Balaban J connectivity index is 1.84. The smallest absolute Gasteiger partial charge is 0.325 e. The van der Waals surface area contributed by atoms with E-state index in [4.69, 9.17) is 0 Å². The van der Waals surface area contributed by atoms with Gasteiger partial charge in [0.25, 0.3) is 5.91 Å². The van der Waals surface area contributed by atoms with Crippen LogP contribution in [-0.4, -0.2) is 53.1 Å². The summed E-state index contributed by atoms with van der Waals surface area (Å²) in [7, 11) is 0. The van der Waals surface area contributed by atoms with Crippen molar-refractivity contribution in [3.63, 3.8) is 0 Å². The number of urea groups is 1. The molecular formula is C11H17N3O4. The minimum atomic E-state index is -0.542. The highest BCUT2D eigenvalue weighted by molar-refractivity contribution is 6.04. The zero-order chi connectivity index (χ0) is 13.1. The van der Waals surface area contributed by atoms with Crippen molar-refractivity contribution in [2.45, 2.75) is 37.8 Å². The highest BCUT2D eigenvalue weighted by Gasteiger charge is 2.31. The molecule has 0 spiro atoms. The molecule has 4 amide bonds. The second kappa shape index (κ2) is 5.34. The average Bonchev–Trinajstić information content (AvgIpc) is 2.64. The monoisotopic (exact) mass is 255 g/mol. The first-order valence-corrected chi connectivity index (χ1v) is 6.13. The Bertz CT molecular complexity index is 355. The highest BCUT2D eigenvalue weighted by Crippen LogP contribution is 2.18. The molecule has 1 saturated heterocycles. The number of nitrogens with zero attached hydrogens (tertiary/aromatic N) is 1. The number of carbonyl (C=O) groups is 3. The molecule has 2 fully saturated rings. The van der Waals surface area contributed by atoms with E-state index < -0.39 is 23.9 Å². The van der Waals surface area contributed by atoms with E-state index in [2.05, 4.69) is 10.6 Å². The minimum absolute atomic E-state index is 0.0574. The second-order valence-electron chi connectivity index (χ2n) is 4.66. The second-order valence-corrected chi connectivity index (χ2v) is 4.66. The number of amides is 4. The quantitative estimate of drug-likeness (QED) is 0.561. The van der Waals surface area contributed by atoms with Crippen LogP contribution in [0.25, 0.3) is 0 Å². The van der Waals surface area contributed by atoms with Crippen molar-refractivity contribution in [1.29, 1.82) is 0 Å². The molecule has 2 unspecified atom stereocenters. The van der Waals surface area contributed by atoms with Crippen molar-refractivity contribution in [3.05, 3.63) is 0 Å². The summed E-state index contributed by atoms with van der Waals surface area (Å²) in [4.78, 5) is 35.1. The number of hydrogen-bond donors (Lipinski definition) is 3. The molecule has 2 rings (SSSR count). The van der Waals surface area contributed by atoms with Crippen LogP contribution in [0.1, 0.15) is 25.7 Å². The SMILES string of the molecule is O=C(CN1C(=O)CNC1=O)NC1CCCCC1O. The summed E-state index contributed by atoms with van der Waals surface area (Å²) >= 11 is 0. The standard InChI is InChI=1S/C11H17N3O4/c15-8-4-2-1-3-7(8)13-9(16)6-14-10(17)5-12-11(14)18/h7-8,15H,1-6H2,(H,12,18)(H,13,16). The van der Waals surface area contributed by atoms with Crippen molar-refractivity contribution in [2.24, 2.45) is 0 Å². The fourth-order valence-electron chi connectivity index (χ4n) is 2.29. The number of aliphatic hydroxyl groups excluding tert-OH is 1. The fraction of sp³-hybridized carbons (Fsp3) is 0.727. The predicted molar refractivity (Wildman–Crippen MR) is 61.5 cm³/mol. The molecule has 1 heterocycles. The van der Waals surface area contributed by atoms with Gasteiger partial charge >= 0.3 is 6.03 Å². The number of carbonyl (C=O) groups excluding carboxylic acids is 3. The lowest BCUT2D eigenvalue weighted by Gasteiger charge is -2.28. The van der Waals surface area contributed by atoms with Gasteiger partial charge in [0.05, 0.1) is 18.7 Å². The molecule has 1 aliphatic carbocycles. The van der Waals surface area contributed by atoms with Gasteiger partial charge in [0, 0.05) is 0 Å². The molecule has 7 nitrogen and oxygen atoms in total. The van der Waals surface area contributed by atoms with Crippen LogP contribution in [0.15, 0.2) is 0 Å². The van der Waals surface area contributed by atoms with E-state index in [1.807, 2.05) is 0 Å². The lowest BCUT2D eigenvalue weighted by molar-refractivity contribution is -0.131. The van der Waals surface area contributed by atoms with E-state index in [-0.39, 0.29) is 19.1 Å². The van der Waals surface area contributed by atoms with Crippen LogP contribution in [0.5, 0.6) is 0 Å². The van der Waals surface area contributed by atoms with Gasteiger partial charge < -0.3 is 15.7 Å². The maximum atomic E-state index is 11.7. The van der Waals surface area contributed by atoms with E-state index in [1.165, 1.54) is 0 Å². The summed E-state index contributed by atoms with van der Waals surface area (Å²) in [6.45, 7) is -0.341. The van der Waals surface area contributed by atoms with Crippen LogP contribution in [0.3, 0.4) is 0 Å². The lowest BCUT2D eigenvalue weighted by atomic mass is 9.92. The van der Waals surface area contributed by atoms with Crippen LogP contribution < -0.4 is 10.6 Å². The van der Waals surface area contributed by atoms with Crippen LogP contribution in [0, 0.1) is 0 Å². The third-order valence-electron chi connectivity index (χ3n) is 3.31. The molecule has 0 bridgehead atoms. The summed E-state index contributed by atoms with van der Waals surface area (Å²) in [6.07, 6.45) is 2.79. The first kappa shape index (κ1) is 12.8. The molecule has 2 aliphatic rings. The van der Waals surface area contributed by atoms with Crippen LogP contribution >= 0.6 is 0 Å². The number of rotatable bonds is 3. The largest absolute Gasteiger partial charge is 0.391 e. The average molecular weight is 255 g/mol. The van der Waals surface area contributed by atoms with Crippen molar-refractivity contribution >= 4 is 17.8 Å². The van der Waals surface area contributed by atoms with Gasteiger partial charge in [0.1, 0.15) is 6.54 Å². The zero-order valence-electron chi connectivity index (χ0n) is 10.0. The Labute approximate surface area is 105 Å². The number of aliphatic hydroxyl groups is 1. The lowest BCUT2D eigenvalue weighted by Crippen LogP contribution is -2.49. The minimum Gasteiger partial charge on any atom is -0.391 e. The maximum absolute atomic E-state index is 11.7. The molecule has 1 saturated carbocycles. The van der Waals surface area contributed by atoms with Gasteiger partial charge in [0.2, 0.25) is 5.91 Å². The molecule has 0 aromatic heterocycles. The predicted octanol–water partition coefficient (Wildman–Crippen LogP) is -1.04. The van der Waals surface area contributed by atoms with Gasteiger partial charge in [-0.25, -0.2) is 4.79 Å². The van der Waals surface area contributed by atoms with Crippen molar-refractivity contribution in [3.8, 4) is 0 Å². The van der Waals surface area contributed by atoms with Crippen molar-refractivity contribution < 1.29 is 19.5 Å². The molecule has 18 heavy (non-hydrogen) atoms. The summed E-state index contributed by atoms with van der Waals surface area (Å²) in [5, 5.41) is 14.7. The Kier molecular flexibility index (Phi) is 3.81.